The van der Waals surface area contributed by atoms with E-state index in [1.165, 1.54) is 0 Å². The van der Waals surface area contributed by atoms with Crippen LogP contribution in [0.1, 0.15) is 54.4 Å². The topological polar surface area (TPSA) is 38.3 Å². The maximum Gasteiger partial charge on any atom is 0.167 e. The lowest BCUT2D eigenvalue weighted by Crippen LogP contribution is -2.61. The van der Waals surface area contributed by atoms with E-state index in [1.807, 2.05) is 0 Å². The molecule has 1 unspecified atom stereocenters. The molecule has 0 spiro atoms. The minimum absolute atomic E-state index is 0.0110. The van der Waals surface area contributed by atoms with Gasteiger partial charge >= 0.3 is 0 Å². The third kappa shape index (κ3) is 2.03. The zero-order chi connectivity index (χ0) is 14.9. The van der Waals surface area contributed by atoms with E-state index in [1.54, 1.807) is 0 Å². The van der Waals surface area contributed by atoms with Crippen molar-refractivity contribution < 1.29 is 9.53 Å². The Morgan fingerprint density at radius 3 is 2.45 bits per heavy atom. The van der Waals surface area contributed by atoms with Gasteiger partial charge in [0.25, 0.3) is 0 Å². The van der Waals surface area contributed by atoms with Crippen LogP contribution < -0.4 is 5.32 Å². The van der Waals surface area contributed by atoms with E-state index in [9.17, 15) is 4.79 Å². The van der Waals surface area contributed by atoms with Gasteiger partial charge < -0.3 is 4.74 Å². The van der Waals surface area contributed by atoms with Crippen molar-refractivity contribution in [2.24, 2.45) is 5.41 Å². The highest BCUT2D eigenvalue weighted by molar-refractivity contribution is 6.02. The summed E-state index contributed by atoms with van der Waals surface area (Å²) in [5.74, 6) is 1.16. The molecule has 3 aliphatic rings. The molecule has 3 nitrogen and oxygen atoms in total. The lowest BCUT2D eigenvalue weighted by Gasteiger charge is -2.44. The van der Waals surface area contributed by atoms with Gasteiger partial charge in [0.1, 0.15) is 11.9 Å². The fourth-order valence-corrected chi connectivity index (χ4v) is 4.03. The van der Waals surface area contributed by atoms with Crippen molar-refractivity contribution in [1.82, 2.24) is 5.32 Å². The van der Waals surface area contributed by atoms with Crippen LogP contribution in [0.5, 0.6) is 0 Å². The molecule has 0 aromatic rings. The van der Waals surface area contributed by atoms with Crippen LogP contribution >= 0.6 is 0 Å². The van der Waals surface area contributed by atoms with Crippen LogP contribution in [0.15, 0.2) is 23.0 Å². The number of allylic oxidation sites excluding steroid dienone is 1. The number of hydrogen-bond donors (Lipinski definition) is 1. The second kappa shape index (κ2) is 3.76. The number of fused-ring (bicyclic) bond motifs is 2. The summed E-state index contributed by atoms with van der Waals surface area (Å²) in [7, 11) is 0. The molecule has 2 aliphatic heterocycles. The Kier molecular flexibility index (Phi) is 2.61. The standard InChI is InChI=1S/C17H25NO2/c1-15(2)8-11(19)13-10-7-16(3,4)18-17(5,6)14(10)20-12(13)9-15/h7,14,18H,8-9H2,1-6H3. The molecule has 0 radical (unpaired) electrons. The zero-order valence-electron chi connectivity index (χ0n) is 13.4. The summed E-state index contributed by atoms with van der Waals surface area (Å²) in [6.07, 6.45) is 3.62. The van der Waals surface area contributed by atoms with Gasteiger partial charge in [0.15, 0.2) is 5.78 Å². The van der Waals surface area contributed by atoms with E-state index in [-0.39, 0.29) is 28.4 Å². The van der Waals surface area contributed by atoms with E-state index >= 15 is 0 Å². The number of carbonyl (C=O) groups is 1. The number of Topliss-reactive ketones (excluding diaryl/α,β-unsaturated/α-hetero) is 1. The molecule has 3 heteroatoms. The molecule has 110 valence electrons. The average molecular weight is 275 g/mol. The first-order chi connectivity index (χ1) is 9.01. The molecule has 0 bridgehead atoms. The number of ether oxygens (including phenoxy) is 1. The van der Waals surface area contributed by atoms with Crippen molar-refractivity contribution in [3.63, 3.8) is 0 Å². The lowest BCUT2D eigenvalue weighted by molar-refractivity contribution is -0.118. The lowest BCUT2D eigenvalue weighted by atomic mass is 9.73. The van der Waals surface area contributed by atoms with E-state index in [2.05, 4.69) is 52.9 Å². The molecule has 2 heterocycles. The predicted molar refractivity (Wildman–Crippen MR) is 79.3 cm³/mol. The SMILES string of the molecule is CC1(C)CC(=O)C2=C(C1)OC1C2=CC(C)(C)NC1(C)C. The van der Waals surface area contributed by atoms with Crippen LogP contribution in [0.3, 0.4) is 0 Å². The quantitative estimate of drug-likeness (QED) is 0.738. The molecule has 0 saturated carbocycles. The summed E-state index contributed by atoms with van der Waals surface area (Å²) in [5, 5.41) is 3.61. The monoisotopic (exact) mass is 275 g/mol. The van der Waals surface area contributed by atoms with Crippen LogP contribution in [0.4, 0.5) is 0 Å². The van der Waals surface area contributed by atoms with Gasteiger partial charge in [0, 0.05) is 24.0 Å². The molecule has 0 aromatic heterocycles. The molecule has 0 saturated heterocycles. The summed E-state index contributed by atoms with van der Waals surface area (Å²) in [6, 6.07) is 0. The van der Waals surface area contributed by atoms with Gasteiger partial charge in [-0.3, -0.25) is 10.1 Å². The summed E-state index contributed by atoms with van der Waals surface area (Å²) < 4.78 is 6.21. The van der Waals surface area contributed by atoms with Crippen LogP contribution in [-0.4, -0.2) is 23.0 Å². The number of ketones is 1. The summed E-state index contributed by atoms with van der Waals surface area (Å²) >= 11 is 0. The van der Waals surface area contributed by atoms with E-state index in [0.29, 0.717) is 6.42 Å². The van der Waals surface area contributed by atoms with Gasteiger partial charge in [-0.15, -0.1) is 0 Å². The van der Waals surface area contributed by atoms with E-state index in [4.69, 9.17) is 4.74 Å². The van der Waals surface area contributed by atoms with Gasteiger partial charge in [0.05, 0.1) is 11.1 Å². The summed E-state index contributed by atoms with van der Waals surface area (Å²) in [4.78, 5) is 12.6. The molecule has 0 amide bonds. The normalized spacial score (nSPS) is 33.2. The van der Waals surface area contributed by atoms with Crippen molar-refractivity contribution in [1.29, 1.82) is 0 Å². The highest BCUT2D eigenvalue weighted by Crippen LogP contribution is 2.49. The van der Waals surface area contributed by atoms with Gasteiger partial charge in [-0.05, 0) is 33.1 Å². The molecule has 20 heavy (non-hydrogen) atoms. The third-order valence-corrected chi connectivity index (χ3v) is 4.48. The van der Waals surface area contributed by atoms with Crippen molar-refractivity contribution in [3.8, 4) is 0 Å². The Bertz CT molecular complexity index is 549. The average Bonchev–Trinajstić information content (AvgIpc) is 2.51. The first-order valence-electron chi connectivity index (χ1n) is 7.46. The smallest absolute Gasteiger partial charge is 0.167 e. The van der Waals surface area contributed by atoms with Gasteiger partial charge in [-0.1, -0.05) is 19.9 Å². The molecule has 3 rings (SSSR count). The zero-order valence-corrected chi connectivity index (χ0v) is 13.4. The van der Waals surface area contributed by atoms with Crippen molar-refractivity contribution in [3.05, 3.63) is 23.0 Å². The number of carbonyl (C=O) groups excluding carboxylic acids is 1. The first-order valence-corrected chi connectivity index (χ1v) is 7.46. The highest BCUT2D eigenvalue weighted by Gasteiger charge is 2.51. The number of hydrogen-bond acceptors (Lipinski definition) is 3. The molecule has 1 atom stereocenters. The van der Waals surface area contributed by atoms with Crippen molar-refractivity contribution >= 4 is 5.78 Å². The third-order valence-electron chi connectivity index (χ3n) is 4.48. The maximum absolute atomic E-state index is 12.6. The Labute approximate surface area is 121 Å². The molecule has 1 N–H and O–H groups in total. The van der Waals surface area contributed by atoms with Crippen LogP contribution in [0.2, 0.25) is 0 Å². The summed E-state index contributed by atoms with van der Waals surface area (Å²) in [5.41, 5.74) is 1.70. The predicted octanol–water partition coefficient (Wildman–Crippen LogP) is 3.12. The minimum Gasteiger partial charge on any atom is -0.487 e. The van der Waals surface area contributed by atoms with Crippen LogP contribution in [0.25, 0.3) is 0 Å². The molecule has 0 aromatic carbocycles. The molecular weight excluding hydrogens is 250 g/mol. The second-order valence-electron chi connectivity index (χ2n) is 8.41. The van der Waals surface area contributed by atoms with E-state index in [0.717, 1.165) is 23.3 Å². The Morgan fingerprint density at radius 2 is 1.80 bits per heavy atom. The fourth-order valence-electron chi connectivity index (χ4n) is 4.03. The highest BCUT2D eigenvalue weighted by atomic mass is 16.5. The fraction of sp³-hybridized carbons (Fsp3) is 0.706. The summed E-state index contributed by atoms with van der Waals surface area (Å²) in [6.45, 7) is 12.9. The van der Waals surface area contributed by atoms with Gasteiger partial charge in [0.2, 0.25) is 0 Å². The van der Waals surface area contributed by atoms with Crippen molar-refractivity contribution in [2.75, 3.05) is 0 Å². The van der Waals surface area contributed by atoms with Gasteiger partial charge in [-0.25, -0.2) is 0 Å². The van der Waals surface area contributed by atoms with Gasteiger partial charge in [-0.2, -0.15) is 0 Å². The first kappa shape index (κ1) is 13.9. The van der Waals surface area contributed by atoms with Crippen LogP contribution in [0, 0.1) is 5.41 Å². The Morgan fingerprint density at radius 1 is 1.15 bits per heavy atom. The Hall–Kier alpha value is -1.09. The Balaban J connectivity index is 2.10. The van der Waals surface area contributed by atoms with E-state index < -0.39 is 0 Å². The molecule has 0 fully saturated rings. The molecular formula is C17H25NO2. The number of rotatable bonds is 0. The largest absolute Gasteiger partial charge is 0.487 e. The van der Waals surface area contributed by atoms with Crippen molar-refractivity contribution in [2.45, 2.75) is 71.6 Å². The maximum atomic E-state index is 12.6. The second-order valence-corrected chi connectivity index (χ2v) is 8.41. The van der Waals surface area contributed by atoms with Crippen LogP contribution in [-0.2, 0) is 9.53 Å². The number of nitrogens with one attached hydrogen (secondary N) is 1. The molecule has 1 aliphatic carbocycles. The minimum atomic E-state index is -0.171.